The highest BCUT2D eigenvalue weighted by Gasteiger charge is 2.49. The number of hydrogen-bond donors (Lipinski definition) is 0. The zero-order valence-electron chi connectivity index (χ0n) is 26.7. The highest BCUT2D eigenvalue weighted by Crippen LogP contribution is 2.37. The smallest absolute Gasteiger partial charge is 0.332 e. The van der Waals surface area contributed by atoms with E-state index in [-0.39, 0.29) is 13.2 Å². The Hall–Kier alpha value is -1.64. The van der Waals surface area contributed by atoms with Crippen molar-refractivity contribution in [2.75, 3.05) is 13.2 Å². The summed E-state index contributed by atoms with van der Waals surface area (Å²) in [4.78, 5) is 24.4. The summed E-state index contributed by atoms with van der Waals surface area (Å²) < 4.78 is 49.0. The number of ether oxygens (including phenoxy) is 6. The Kier molecular flexibility index (Phi) is 25.9. The predicted molar refractivity (Wildman–Crippen MR) is 165 cm³/mol. The molecule has 9 nitrogen and oxygen atoms in total. The van der Waals surface area contributed by atoms with Crippen LogP contribution in [0.3, 0.4) is 0 Å². The van der Waals surface area contributed by atoms with Gasteiger partial charge in [0.1, 0.15) is 0 Å². The largest absolute Gasteiger partial charge is 0.433 e. The van der Waals surface area contributed by atoms with Gasteiger partial charge in [-0.15, -0.1) is 0 Å². The van der Waals surface area contributed by atoms with Gasteiger partial charge in [-0.25, -0.2) is 9.59 Å². The molecule has 0 saturated heterocycles. The van der Waals surface area contributed by atoms with Crippen molar-refractivity contribution in [2.45, 2.75) is 155 Å². The molecule has 4 unspecified atom stereocenters. The summed E-state index contributed by atoms with van der Waals surface area (Å²) in [5, 5.41) is 0. The third kappa shape index (κ3) is 18.8. The van der Waals surface area contributed by atoms with Crippen LogP contribution in [-0.4, -0.2) is 49.6 Å². The average molecular weight is 617 g/mol. The van der Waals surface area contributed by atoms with Gasteiger partial charge in [-0.3, -0.25) is 9.30 Å². The van der Waals surface area contributed by atoms with Crippen LogP contribution in [0.15, 0.2) is 25.3 Å². The second-order valence-corrected chi connectivity index (χ2v) is 11.1. The second kappa shape index (κ2) is 26.9. The third-order valence-corrected chi connectivity index (χ3v) is 7.19. The van der Waals surface area contributed by atoms with E-state index >= 15 is 0 Å². The Morgan fingerprint density at radius 1 is 0.690 bits per heavy atom. The minimum absolute atomic E-state index is 0.207. The quantitative estimate of drug-likeness (QED) is 0.0257. The van der Waals surface area contributed by atoms with Gasteiger partial charge in [0.25, 0.3) is 0 Å². The van der Waals surface area contributed by atoms with Crippen molar-refractivity contribution >= 4 is 20.4 Å². The van der Waals surface area contributed by atoms with Crippen molar-refractivity contribution in [3.63, 3.8) is 0 Å². The molecule has 0 amide bonds. The molecule has 0 aromatic rings. The molecule has 10 heteroatoms. The van der Waals surface area contributed by atoms with E-state index in [0.717, 1.165) is 89.2 Å². The summed E-state index contributed by atoms with van der Waals surface area (Å²) in [6, 6.07) is 0. The van der Waals surface area contributed by atoms with Crippen LogP contribution >= 0.6 is 8.46 Å². The summed E-state index contributed by atoms with van der Waals surface area (Å²) in [6.45, 7) is 15.8. The second-order valence-electron chi connectivity index (χ2n) is 10.3. The van der Waals surface area contributed by atoms with Crippen LogP contribution in [0, 0.1) is 0 Å². The maximum atomic E-state index is 13.1. The SMILES string of the molecule is C=CC(=O)OC(CCCCC)OC(OCCCCCC)C(OCCCCCC)(OC(CCCCC)OC(=O)C=C)P=O. The van der Waals surface area contributed by atoms with Crippen molar-refractivity contribution in [2.24, 2.45) is 0 Å². The minimum atomic E-state index is -1.99. The fraction of sp³-hybridized carbons (Fsp3) is 0.812. The molecule has 0 spiro atoms. The van der Waals surface area contributed by atoms with Crippen LogP contribution in [0.5, 0.6) is 0 Å². The maximum Gasteiger partial charge on any atom is 0.332 e. The van der Waals surface area contributed by atoms with Gasteiger partial charge in [0.2, 0.25) is 27.3 Å². The fourth-order valence-electron chi connectivity index (χ4n) is 4.05. The van der Waals surface area contributed by atoms with E-state index in [1.807, 2.05) is 0 Å². The lowest BCUT2D eigenvalue weighted by atomic mass is 10.2. The van der Waals surface area contributed by atoms with E-state index in [1.54, 1.807) is 0 Å². The van der Waals surface area contributed by atoms with Gasteiger partial charge in [0, 0.05) is 31.6 Å². The van der Waals surface area contributed by atoms with Crippen LogP contribution in [0.2, 0.25) is 0 Å². The van der Waals surface area contributed by atoms with Crippen molar-refractivity contribution in [1.82, 2.24) is 0 Å². The topological polar surface area (TPSA) is 107 Å². The van der Waals surface area contributed by atoms with E-state index in [2.05, 4.69) is 40.9 Å². The Bertz CT molecular complexity index is 733. The lowest BCUT2D eigenvalue weighted by Crippen LogP contribution is -2.50. The van der Waals surface area contributed by atoms with Crippen LogP contribution in [0.25, 0.3) is 0 Å². The molecular weight excluding hydrogens is 559 g/mol. The molecule has 4 atom stereocenters. The molecule has 0 heterocycles. The molecule has 0 bridgehead atoms. The Balaban J connectivity index is 6.40. The lowest BCUT2D eigenvalue weighted by molar-refractivity contribution is -0.366. The van der Waals surface area contributed by atoms with Gasteiger partial charge in [0.15, 0.2) is 0 Å². The lowest BCUT2D eigenvalue weighted by Gasteiger charge is -2.37. The molecular formula is C32H57O9P. The summed E-state index contributed by atoms with van der Waals surface area (Å²) in [6.07, 6.45) is 11.9. The van der Waals surface area contributed by atoms with Crippen molar-refractivity contribution in [1.29, 1.82) is 0 Å². The van der Waals surface area contributed by atoms with E-state index < -0.39 is 44.8 Å². The molecule has 0 aromatic heterocycles. The number of hydrogen-bond acceptors (Lipinski definition) is 9. The molecule has 0 rings (SSSR count). The summed E-state index contributed by atoms with van der Waals surface area (Å²) in [5.41, 5.74) is -1.99. The van der Waals surface area contributed by atoms with Gasteiger partial charge >= 0.3 is 17.5 Å². The molecule has 42 heavy (non-hydrogen) atoms. The Labute approximate surface area is 256 Å². The highest BCUT2D eigenvalue weighted by atomic mass is 31.1. The zero-order valence-corrected chi connectivity index (χ0v) is 27.5. The number of esters is 2. The van der Waals surface area contributed by atoms with Crippen LogP contribution < -0.4 is 0 Å². The maximum absolute atomic E-state index is 13.1. The third-order valence-electron chi connectivity index (χ3n) is 6.49. The van der Waals surface area contributed by atoms with Crippen LogP contribution in [0.4, 0.5) is 0 Å². The Morgan fingerprint density at radius 3 is 1.67 bits per heavy atom. The molecule has 244 valence electrons. The number of unbranched alkanes of at least 4 members (excludes halogenated alkanes) is 10. The molecule has 0 aromatic carbocycles. The molecule has 0 aliphatic carbocycles. The number of carbonyl (C=O) groups excluding carboxylic acids is 2. The average Bonchev–Trinajstić information content (AvgIpc) is 2.99. The molecule has 0 aliphatic rings. The number of carbonyl (C=O) groups is 2. The van der Waals surface area contributed by atoms with Crippen molar-refractivity contribution in [3.05, 3.63) is 25.3 Å². The van der Waals surface area contributed by atoms with Crippen molar-refractivity contribution in [3.8, 4) is 0 Å². The highest BCUT2D eigenvalue weighted by molar-refractivity contribution is 7.25. The normalized spacial score (nSPS) is 15.0. The van der Waals surface area contributed by atoms with Gasteiger partial charge in [-0.1, -0.05) is 105 Å². The molecule has 0 saturated carbocycles. The number of rotatable bonds is 30. The molecule has 0 N–H and O–H groups in total. The first-order valence-corrected chi connectivity index (χ1v) is 16.8. The summed E-state index contributed by atoms with van der Waals surface area (Å²) in [7, 11) is -0.586. The van der Waals surface area contributed by atoms with Crippen LogP contribution in [-0.2, 0) is 42.6 Å². The first-order valence-electron chi connectivity index (χ1n) is 15.9. The van der Waals surface area contributed by atoms with Gasteiger partial charge in [-0.05, 0) is 25.7 Å². The van der Waals surface area contributed by atoms with Crippen molar-refractivity contribution < 1.29 is 42.6 Å². The summed E-state index contributed by atoms with van der Waals surface area (Å²) in [5.74, 6) is -1.33. The van der Waals surface area contributed by atoms with E-state index in [4.69, 9.17) is 28.4 Å². The van der Waals surface area contributed by atoms with Gasteiger partial charge in [0.05, 0.1) is 6.61 Å². The van der Waals surface area contributed by atoms with E-state index in [9.17, 15) is 14.2 Å². The zero-order chi connectivity index (χ0) is 31.5. The molecule has 0 radical (unpaired) electrons. The summed E-state index contributed by atoms with van der Waals surface area (Å²) >= 11 is 0. The molecule has 0 fully saturated rings. The first-order chi connectivity index (χ1) is 20.4. The molecule has 0 aliphatic heterocycles. The standard InChI is InChI=1S/C32H57O9P/c1-7-13-17-21-25-36-31(40-29(23-19-15-9-3)38-27(33)11-5)32(42-35,37-26-22-18-14-8-2)41-30(24-20-16-10-4)39-28(34)12-6/h11-12,29-31H,5-10,13-26H2,1-4H3. The van der Waals surface area contributed by atoms with Gasteiger partial charge in [-0.2, -0.15) is 0 Å². The Morgan fingerprint density at radius 2 is 1.17 bits per heavy atom. The van der Waals surface area contributed by atoms with Crippen LogP contribution in [0.1, 0.15) is 130 Å². The van der Waals surface area contributed by atoms with E-state index in [0.29, 0.717) is 25.7 Å². The first kappa shape index (κ1) is 40.4. The monoisotopic (exact) mass is 616 g/mol. The predicted octanol–water partition coefficient (Wildman–Crippen LogP) is 8.76. The minimum Gasteiger partial charge on any atom is -0.433 e. The van der Waals surface area contributed by atoms with Gasteiger partial charge < -0.3 is 23.7 Å². The fourth-order valence-corrected chi connectivity index (χ4v) is 4.57. The van der Waals surface area contributed by atoms with E-state index in [1.165, 1.54) is 0 Å².